The molecule has 8 heteroatoms. The Labute approximate surface area is 125 Å². The van der Waals surface area contributed by atoms with Crippen LogP contribution in [0.4, 0.5) is 9.18 Å². The third-order valence-electron chi connectivity index (χ3n) is 3.29. The van der Waals surface area contributed by atoms with Gasteiger partial charge in [0.1, 0.15) is 17.7 Å². The number of carboxylic acid groups (broad SMARTS) is 1. The van der Waals surface area contributed by atoms with Crippen LogP contribution < -0.4 is 10.5 Å². The van der Waals surface area contributed by atoms with Gasteiger partial charge >= 0.3 is 6.09 Å². The van der Waals surface area contributed by atoms with Crippen molar-refractivity contribution < 1.29 is 23.8 Å². The fraction of sp³-hybridized carbons (Fsp3) is 0.385. The quantitative estimate of drug-likeness (QED) is 0.893. The average Bonchev–Trinajstić information content (AvgIpc) is 2.42. The predicted octanol–water partition coefficient (Wildman–Crippen LogP) is 2.10. The van der Waals surface area contributed by atoms with E-state index in [9.17, 15) is 14.0 Å². The molecule has 1 saturated heterocycles. The lowest BCUT2D eigenvalue weighted by molar-refractivity contribution is 0.0893. The molecule has 2 rings (SSSR count). The van der Waals surface area contributed by atoms with E-state index in [-0.39, 0.29) is 22.4 Å². The fourth-order valence-electron chi connectivity index (χ4n) is 2.15. The second kappa shape index (κ2) is 6.17. The van der Waals surface area contributed by atoms with E-state index in [2.05, 4.69) is 0 Å². The van der Waals surface area contributed by atoms with Gasteiger partial charge in [-0.2, -0.15) is 0 Å². The first-order chi connectivity index (χ1) is 9.88. The van der Waals surface area contributed by atoms with Gasteiger partial charge in [-0.15, -0.1) is 0 Å². The Balaban J connectivity index is 2.06. The average molecular weight is 317 g/mol. The van der Waals surface area contributed by atoms with Gasteiger partial charge in [0.05, 0.1) is 10.6 Å². The minimum absolute atomic E-state index is 0.0888. The summed E-state index contributed by atoms with van der Waals surface area (Å²) in [5.74, 6) is -1.59. The number of rotatable bonds is 3. The van der Waals surface area contributed by atoms with Crippen molar-refractivity contribution in [2.45, 2.75) is 18.9 Å². The zero-order valence-corrected chi connectivity index (χ0v) is 11.8. The van der Waals surface area contributed by atoms with E-state index in [1.54, 1.807) is 0 Å². The minimum Gasteiger partial charge on any atom is -0.489 e. The first kappa shape index (κ1) is 15.4. The van der Waals surface area contributed by atoms with Crippen molar-refractivity contribution >= 4 is 23.6 Å². The number of nitrogens with two attached hydrogens (primary N) is 1. The van der Waals surface area contributed by atoms with E-state index in [1.807, 2.05) is 0 Å². The van der Waals surface area contributed by atoms with E-state index >= 15 is 0 Å². The van der Waals surface area contributed by atoms with Crippen LogP contribution in [0.15, 0.2) is 12.1 Å². The summed E-state index contributed by atoms with van der Waals surface area (Å²) in [6, 6.07) is 2.15. The molecule has 114 valence electrons. The van der Waals surface area contributed by atoms with Crippen molar-refractivity contribution in [1.82, 2.24) is 4.90 Å². The number of carbonyl (C=O) groups is 2. The maximum Gasteiger partial charge on any atom is 0.407 e. The largest absolute Gasteiger partial charge is 0.489 e. The number of piperidine rings is 1. The summed E-state index contributed by atoms with van der Waals surface area (Å²) in [7, 11) is 0. The molecule has 0 saturated carbocycles. The van der Waals surface area contributed by atoms with Gasteiger partial charge in [-0.1, -0.05) is 11.6 Å². The third kappa shape index (κ3) is 3.55. The van der Waals surface area contributed by atoms with Crippen molar-refractivity contribution in [3.63, 3.8) is 0 Å². The molecule has 1 heterocycles. The van der Waals surface area contributed by atoms with Gasteiger partial charge in [-0.3, -0.25) is 4.79 Å². The number of benzene rings is 1. The molecule has 0 spiro atoms. The molecule has 1 aliphatic rings. The van der Waals surface area contributed by atoms with Gasteiger partial charge in [0, 0.05) is 32.0 Å². The maximum absolute atomic E-state index is 13.7. The molecule has 2 amide bonds. The molecule has 1 fully saturated rings. The van der Waals surface area contributed by atoms with Gasteiger partial charge in [-0.25, -0.2) is 9.18 Å². The zero-order valence-electron chi connectivity index (χ0n) is 11.0. The molecule has 0 atom stereocenters. The third-order valence-corrected chi connectivity index (χ3v) is 3.59. The molecule has 0 aliphatic carbocycles. The van der Waals surface area contributed by atoms with Crippen LogP contribution >= 0.6 is 11.6 Å². The van der Waals surface area contributed by atoms with Crippen molar-refractivity contribution in [3.8, 4) is 5.75 Å². The van der Waals surface area contributed by atoms with Crippen LogP contribution in [0.5, 0.6) is 5.75 Å². The summed E-state index contributed by atoms with van der Waals surface area (Å²) >= 11 is 5.94. The van der Waals surface area contributed by atoms with Gasteiger partial charge < -0.3 is 20.5 Å². The monoisotopic (exact) mass is 316 g/mol. The maximum atomic E-state index is 13.7. The Morgan fingerprint density at radius 1 is 1.38 bits per heavy atom. The van der Waals surface area contributed by atoms with Crippen LogP contribution in [0, 0.1) is 5.82 Å². The highest BCUT2D eigenvalue weighted by molar-refractivity contribution is 6.32. The molecule has 0 aromatic heterocycles. The summed E-state index contributed by atoms with van der Waals surface area (Å²) in [6.45, 7) is 0.693. The van der Waals surface area contributed by atoms with Gasteiger partial charge in [0.2, 0.25) is 0 Å². The van der Waals surface area contributed by atoms with Crippen LogP contribution in [-0.4, -0.2) is 41.2 Å². The second-order valence-electron chi connectivity index (χ2n) is 4.71. The highest BCUT2D eigenvalue weighted by Gasteiger charge is 2.24. The molecule has 0 radical (unpaired) electrons. The molecular formula is C13H14ClFN2O4. The lowest BCUT2D eigenvalue weighted by Gasteiger charge is -2.30. The van der Waals surface area contributed by atoms with Crippen LogP contribution in [0.2, 0.25) is 5.02 Å². The Hall–Kier alpha value is -2.02. The Morgan fingerprint density at radius 3 is 2.52 bits per heavy atom. The first-order valence-corrected chi connectivity index (χ1v) is 6.69. The molecule has 1 aliphatic heterocycles. The summed E-state index contributed by atoms with van der Waals surface area (Å²) in [6.07, 6.45) is -0.246. The molecule has 0 unspecified atom stereocenters. The number of halogens is 2. The number of hydrogen-bond acceptors (Lipinski definition) is 3. The molecule has 3 N–H and O–H groups in total. The van der Waals surface area contributed by atoms with Gasteiger partial charge in [-0.05, 0) is 6.07 Å². The number of hydrogen-bond donors (Lipinski definition) is 2. The van der Waals surface area contributed by atoms with Crippen molar-refractivity contribution in [1.29, 1.82) is 0 Å². The molecule has 1 aromatic rings. The lowest BCUT2D eigenvalue weighted by atomic mass is 10.1. The summed E-state index contributed by atoms with van der Waals surface area (Å²) in [4.78, 5) is 23.1. The number of nitrogens with zero attached hydrogens (tertiary/aromatic N) is 1. The van der Waals surface area contributed by atoms with E-state index < -0.39 is 17.8 Å². The van der Waals surface area contributed by atoms with Crippen molar-refractivity contribution in [2.75, 3.05) is 13.1 Å². The standard InChI is InChI=1S/C13H14ClFN2O4/c14-9-5-8(12(16)18)10(15)6-11(9)21-7-1-3-17(4-2-7)13(19)20/h5-7H,1-4H2,(H2,16,18)(H,19,20). The van der Waals surface area contributed by atoms with Crippen molar-refractivity contribution in [3.05, 3.63) is 28.5 Å². The van der Waals surface area contributed by atoms with Crippen LogP contribution in [-0.2, 0) is 0 Å². The smallest absolute Gasteiger partial charge is 0.407 e. The SMILES string of the molecule is NC(=O)c1cc(Cl)c(OC2CCN(C(=O)O)CC2)cc1F. The summed E-state index contributed by atoms with van der Waals surface area (Å²) in [5.41, 5.74) is 4.72. The highest BCUT2D eigenvalue weighted by Crippen LogP contribution is 2.30. The molecular weight excluding hydrogens is 303 g/mol. The number of likely N-dealkylation sites (tertiary alicyclic amines) is 1. The second-order valence-corrected chi connectivity index (χ2v) is 5.12. The number of amides is 2. The van der Waals surface area contributed by atoms with Gasteiger partial charge in [0.25, 0.3) is 5.91 Å². The first-order valence-electron chi connectivity index (χ1n) is 6.32. The zero-order chi connectivity index (χ0) is 15.6. The summed E-state index contributed by atoms with van der Waals surface area (Å²) in [5, 5.41) is 8.94. The van der Waals surface area contributed by atoms with E-state index in [4.69, 9.17) is 27.2 Å². The van der Waals surface area contributed by atoms with Gasteiger partial charge in [0.15, 0.2) is 0 Å². The molecule has 0 bridgehead atoms. The van der Waals surface area contributed by atoms with E-state index in [0.717, 1.165) is 12.1 Å². The predicted molar refractivity (Wildman–Crippen MR) is 73.2 cm³/mol. The van der Waals surface area contributed by atoms with E-state index in [1.165, 1.54) is 4.90 Å². The summed E-state index contributed by atoms with van der Waals surface area (Å²) < 4.78 is 19.3. The Kier molecular flexibility index (Phi) is 4.52. The molecule has 6 nitrogen and oxygen atoms in total. The van der Waals surface area contributed by atoms with E-state index in [0.29, 0.717) is 25.9 Å². The number of ether oxygens (including phenoxy) is 1. The molecule has 1 aromatic carbocycles. The normalized spacial score (nSPS) is 15.8. The number of primary amides is 1. The Morgan fingerprint density at radius 2 is 2.00 bits per heavy atom. The Bertz CT molecular complexity index is 574. The van der Waals surface area contributed by atoms with Crippen LogP contribution in [0.3, 0.4) is 0 Å². The highest BCUT2D eigenvalue weighted by atomic mass is 35.5. The lowest BCUT2D eigenvalue weighted by Crippen LogP contribution is -2.41. The molecule has 21 heavy (non-hydrogen) atoms. The number of carbonyl (C=O) groups excluding carboxylic acids is 1. The van der Waals surface area contributed by atoms with Crippen LogP contribution in [0.25, 0.3) is 0 Å². The van der Waals surface area contributed by atoms with Crippen molar-refractivity contribution in [2.24, 2.45) is 5.73 Å². The van der Waals surface area contributed by atoms with Crippen LogP contribution in [0.1, 0.15) is 23.2 Å². The minimum atomic E-state index is -0.969. The fourth-order valence-corrected chi connectivity index (χ4v) is 2.36. The topological polar surface area (TPSA) is 92.9 Å².